The van der Waals surface area contributed by atoms with Crippen molar-refractivity contribution in [2.75, 3.05) is 17.2 Å². The Morgan fingerprint density at radius 1 is 1.24 bits per heavy atom. The van der Waals surface area contributed by atoms with E-state index < -0.39 is 0 Å². The fraction of sp³-hybridized carbons (Fsp3) is 0.533. The zero-order valence-electron chi connectivity index (χ0n) is 12.5. The van der Waals surface area contributed by atoms with Crippen molar-refractivity contribution in [1.29, 1.82) is 0 Å². The zero-order valence-corrected chi connectivity index (χ0v) is 13.3. The van der Waals surface area contributed by atoms with Crippen LogP contribution in [0.15, 0.2) is 10.9 Å². The van der Waals surface area contributed by atoms with Gasteiger partial charge in [0.25, 0.3) is 0 Å². The Hall–Kier alpha value is -1.69. The zero-order chi connectivity index (χ0) is 14.7. The van der Waals surface area contributed by atoms with E-state index in [0.29, 0.717) is 12.5 Å². The lowest BCUT2D eigenvalue weighted by atomic mass is 10.2. The molecule has 0 saturated heterocycles. The summed E-state index contributed by atoms with van der Waals surface area (Å²) in [4.78, 5) is 13.7. The Kier molecular flexibility index (Phi) is 4.34. The Bertz CT molecular complexity index is 592. The topological polar surface area (TPSA) is 62.7 Å². The van der Waals surface area contributed by atoms with E-state index in [9.17, 15) is 0 Å². The molecule has 2 N–H and O–H groups in total. The largest absolute Gasteiger partial charge is 0.370 e. The van der Waals surface area contributed by atoms with Crippen molar-refractivity contribution in [1.82, 2.24) is 15.0 Å². The third-order valence-electron chi connectivity index (χ3n) is 3.57. The Morgan fingerprint density at radius 3 is 2.62 bits per heavy atom. The highest BCUT2D eigenvalue weighted by Gasteiger charge is 2.28. The Labute approximate surface area is 129 Å². The maximum Gasteiger partial charge on any atom is 0.136 e. The maximum atomic E-state index is 4.72. The molecule has 0 unspecified atom stereocenters. The normalized spacial score (nSPS) is 14.2. The lowest BCUT2D eigenvalue weighted by molar-refractivity contribution is 0.893. The van der Waals surface area contributed by atoms with Gasteiger partial charge in [0.05, 0.1) is 17.7 Å². The number of hydrogen-bond donors (Lipinski definition) is 2. The summed E-state index contributed by atoms with van der Waals surface area (Å²) in [5, 5.41) is 8.88. The highest BCUT2D eigenvalue weighted by molar-refractivity contribution is 7.07. The fourth-order valence-electron chi connectivity index (χ4n) is 2.14. The summed E-state index contributed by atoms with van der Waals surface area (Å²) < 4.78 is 0. The molecule has 2 heterocycles. The molecule has 0 spiro atoms. The van der Waals surface area contributed by atoms with Gasteiger partial charge >= 0.3 is 0 Å². The fourth-order valence-corrected chi connectivity index (χ4v) is 2.70. The van der Waals surface area contributed by atoms with Crippen LogP contribution in [0.1, 0.15) is 49.2 Å². The van der Waals surface area contributed by atoms with Crippen LogP contribution in [0.25, 0.3) is 0 Å². The van der Waals surface area contributed by atoms with Crippen LogP contribution in [0.4, 0.5) is 11.6 Å². The first kappa shape index (κ1) is 14.3. The van der Waals surface area contributed by atoms with Gasteiger partial charge in [0.1, 0.15) is 17.5 Å². The molecule has 0 aromatic carbocycles. The van der Waals surface area contributed by atoms with E-state index in [0.717, 1.165) is 41.7 Å². The predicted octanol–water partition coefficient (Wildman–Crippen LogP) is 3.55. The van der Waals surface area contributed by atoms with E-state index in [4.69, 9.17) is 9.97 Å². The van der Waals surface area contributed by atoms with Gasteiger partial charge < -0.3 is 10.6 Å². The summed E-state index contributed by atoms with van der Waals surface area (Å²) in [6.45, 7) is 5.87. The molecular weight excluding hydrogens is 282 g/mol. The number of anilines is 2. The molecule has 21 heavy (non-hydrogen) atoms. The molecule has 0 aliphatic heterocycles. The van der Waals surface area contributed by atoms with Crippen molar-refractivity contribution in [2.45, 2.75) is 45.6 Å². The van der Waals surface area contributed by atoms with E-state index >= 15 is 0 Å². The highest BCUT2D eigenvalue weighted by Crippen LogP contribution is 2.39. The Morgan fingerprint density at radius 2 is 2.00 bits per heavy atom. The molecule has 112 valence electrons. The predicted molar refractivity (Wildman–Crippen MR) is 87.0 cm³/mol. The van der Waals surface area contributed by atoms with E-state index in [1.54, 1.807) is 11.3 Å². The van der Waals surface area contributed by atoms with Crippen molar-refractivity contribution < 1.29 is 0 Å². The van der Waals surface area contributed by atoms with Crippen molar-refractivity contribution in [3.63, 3.8) is 0 Å². The van der Waals surface area contributed by atoms with Crippen LogP contribution in [-0.2, 0) is 6.54 Å². The minimum absolute atomic E-state index is 0.549. The molecular formula is C15H21N5S. The average molecular weight is 303 g/mol. The summed E-state index contributed by atoms with van der Waals surface area (Å²) in [6.07, 6.45) is 3.51. The molecule has 2 aromatic rings. The molecule has 3 rings (SSSR count). The number of hydrogen-bond acceptors (Lipinski definition) is 6. The summed E-state index contributed by atoms with van der Waals surface area (Å²) in [6, 6.07) is 0. The van der Waals surface area contributed by atoms with Crippen LogP contribution >= 0.6 is 11.3 Å². The van der Waals surface area contributed by atoms with E-state index in [-0.39, 0.29) is 0 Å². The summed E-state index contributed by atoms with van der Waals surface area (Å²) in [7, 11) is 0. The number of nitrogens with one attached hydrogen (secondary N) is 2. The summed E-state index contributed by atoms with van der Waals surface area (Å²) in [5.41, 5.74) is 3.99. The molecule has 1 saturated carbocycles. The van der Waals surface area contributed by atoms with Crippen LogP contribution in [0.5, 0.6) is 0 Å². The maximum absolute atomic E-state index is 4.72. The van der Waals surface area contributed by atoms with Crippen molar-refractivity contribution in [2.24, 2.45) is 0 Å². The number of aromatic nitrogens is 3. The van der Waals surface area contributed by atoms with Gasteiger partial charge in [-0.3, -0.25) is 0 Å². The van der Waals surface area contributed by atoms with Gasteiger partial charge in [-0.1, -0.05) is 6.92 Å². The van der Waals surface area contributed by atoms with E-state index in [1.165, 1.54) is 12.8 Å². The van der Waals surface area contributed by atoms with Gasteiger partial charge in [-0.2, -0.15) is 0 Å². The monoisotopic (exact) mass is 303 g/mol. The van der Waals surface area contributed by atoms with Crippen LogP contribution < -0.4 is 10.6 Å². The SMILES string of the molecule is CCCNc1nc(C2CC2)nc(NCc2cscn2)c1C. The molecule has 6 heteroatoms. The molecule has 1 aliphatic rings. The number of thiazole rings is 1. The van der Waals surface area contributed by atoms with Crippen LogP contribution in [0.2, 0.25) is 0 Å². The van der Waals surface area contributed by atoms with E-state index in [2.05, 4.69) is 34.8 Å². The quantitative estimate of drug-likeness (QED) is 0.819. The standard InChI is InChI=1S/C15H21N5S/c1-3-6-16-13-10(2)14(17-7-12-8-21-9-18-12)20-15(19-13)11-4-5-11/h8-9,11H,3-7H2,1-2H3,(H2,16,17,19,20). The minimum Gasteiger partial charge on any atom is -0.370 e. The van der Waals surface area contributed by atoms with Crippen molar-refractivity contribution in [3.8, 4) is 0 Å². The number of rotatable bonds is 7. The average Bonchev–Trinajstić information content (AvgIpc) is 3.21. The van der Waals surface area contributed by atoms with Crippen LogP contribution in [-0.4, -0.2) is 21.5 Å². The van der Waals surface area contributed by atoms with Gasteiger partial charge in [-0.15, -0.1) is 11.3 Å². The van der Waals surface area contributed by atoms with E-state index in [1.807, 2.05) is 5.51 Å². The van der Waals surface area contributed by atoms with Crippen molar-refractivity contribution in [3.05, 3.63) is 28.0 Å². The number of nitrogens with zero attached hydrogens (tertiary/aromatic N) is 3. The van der Waals surface area contributed by atoms with Gasteiger partial charge in [-0.05, 0) is 26.2 Å². The molecule has 1 fully saturated rings. The molecule has 1 aliphatic carbocycles. The third-order valence-corrected chi connectivity index (χ3v) is 4.20. The Balaban J connectivity index is 1.80. The van der Waals surface area contributed by atoms with Gasteiger partial charge in [-0.25, -0.2) is 15.0 Å². The second-order valence-corrected chi connectivity index (χ2v) is 6.16. The minimum atomic E-state index is 0.549. The second-order valence-electron chi connectivity index (χ2n) is 5.44. The molecule has 5 nitrogen and oxygen atoms in total. The van der Waals surface area contributed by atoms with Crippen LogP contribution in [0, 0.1) is 6.92 Å². The first-order chi connectivity index (χ1) is 10.3. The van der Waals surface area contributed by atoms with Crippen LogP contribution in [0.3, 0.4) is 0 Å². The molecule has 0 radical (unpaired) electrons. The highest BCUT2D eigenvalue weighted by atomic mass is 32.1. The molecule has 0 amide bonds. The summed E-state index contributed by atoms with van der Waals surface area (Å²) >= 11 is 1.62. The molecule has 0 atom stereocenters. The lowest BCUT2D eigenvalue weighted by Gasteiger charge is -2.14. The van der Waals surface area contributed by atoms with Crippen molar-refractivity contribution >= 4 is 23.0 Å². The first-order valence-electron chi connectivity index (χ1n) is 7.51. The smallest absolute Gasteiger partial charge is 0.136 e. The van der Waals surface area contributed by atoms with Gasteiger partial charge in [0.2, 0.25) is 0 Å². The second kappa shape index (κ2) is 6.39. The lowest BCUT2D eigenvalue weighted by Crippen LogP contribution is -2.11. The molecule has 2 aromatic heterocycles. The summed E-state index contributed by atoms with van der Waals surface area (Å²) in [5.74, 6) is 3.42. The molecule has 0 bridgehead atoms. The third kappa shape index (κ3) is 3.50. The first-order valence-corrected chi connectivity index (χ1v) is 8.45. The van der Waals surface area contributed by atoms with Gasteiger partial charge in [0, 0.05) is 23.4 Å². The van der Waals surface area contributed by atoms with Gasteiger partial charge in [0.15, 0.2) is 0 Å².